The van der Waals surface area contributed by atoms with Crippen LogP contribution in [0.4, 0.5) is 27.8 Å². The summed E-state index contributed by atoms with van der Waals surface area (Å²) in [4.78, 5) is 18.5. The quantitative estimate of drug-likeness (QED) is 0.132. The van der Waals surface area contributed by atoms with Gasteiger partial charge in [-0.15, -0.1) is 13.2 Å². The van der Waals surface area contributed by atoms with E-state index in [9.17, 15) is 18.3 Å². The fourth-order valence-electron chi connectivity index (χ4n) is 10.7. The van der Waals surface area contributed by atoms with E-state index >= 15 is 8.78 Å². The number of hydrogen-bond acceptors (Lipinski definition) is 10. The topological polar surface area (TPSA) is 109 Å². The lowest BCUT2D eigenvalue weighted by Crippen LogP contribution is -2.58. The van der Waals surface area contributed by atoms with Crippen molar-refractivity contribution in [1.82, 2.24) is 25.2 Å². The maximum Gasteiger partial charge on any atom is 0.573 e. The molecule has 10 rings (SSSR count). The molecule has 0 saturated carbocycles. The molecule has 0 unspecified atom stereocenters. The third-order valence-corrected chi connectivity index (χ3v) is 13.3. The zero-order chi connectivity index (χ0) is 40.1. The van der Waals surface area contributed by atoms with Gasteiger partial charge in [0.2, 0.25) is 5.82 Å². The number of piperazine rings is 1. The number of ether oxygens (including phenoxy) is 3. The number of alkyl halides is 3. The van der Waals surface area contributed by atoms with Crippen molar-refractivity contribution in [2.24, 2.45) is 7.05 Å². The standard InChI is InChI=1S/C42H42F5N7O4/c1-22-28(43)8-6-23-17-26(55)18-27(33(22)23)37-35(44)36-34-31(52(37)2)11-10-30-29-9-7-24(49-29)19-53(30)38(34)51-40(50-36)57-21-41-13-4-16-54(41)25(12-14-41)20-56-39-32(5-3-15-48-39)58-42(45,46)47/h3,5-6,8,15,17-18,24-25,29-30,49H,4,7,9-14,16,19-21H2,1-2H3/p+1/t24-,25+,29+,30-,41+/m1/s1. The number of pyridine rings is 2. The third-order valence-electron chi connectivity index (χ3n) is 13.3. The van der Waals surface area contributed by atoms with Crippen LogP contribution < -0.4 is 29.0 Å². The molecule has 4 saturated heterocycles. The molecule has 8 heterocycles. The zero-order valence-corrected chi connectivity index (χ0v) is 32.1. The van der Waals surface area contributed by atoms with Crippen LogP contribution in [0.15, 0.2) is 42.6 Å². The van der Waals surface area contributed by atoms with Gasteiger partial charge in [-0.1, -0.05) is 6.07 Å². The van der Waals surface area contributed by atoms with Crippen molar-refractivity contribution in [1.29, 1.82) is 0 Å². The lowest BCUT2D eigenvalue weighted by Gasteiger charge is -2.41. The predicted molar refractivity (Wildman–Crippen MR) is 203 cm³/mol. The average Bonchev–Trinajstić information content (AvgIpc) is 3.85. The van der Waals surface area contributed by atoms with Gasteiger partial charge >= 0.3 is 12.4 Å². The lowest BCUT2D eigenvalue weighted by molar-refractivity contribution is -0.667. The normalized spacial score (nSPS) is 25.3. The Kier molecular flexibility index (Phi) is 8.82. The Bertz CT molecular complexity index is 2470. The van der Waals surface area contributed by atoms with Crippen molar-refractivity contribution in [2.75, 3.05) is 31.2 Å². The summed E-state index contributed by atoms with van der Waals surface area (Å²) in [5.74, 6) is -1.21. The number of aryl methyl sites for hydroxylation is 2. The first-order chi connectivity index (χ1) is 27.9. The van der Waals surface area contributed by atoms with Gasteiger partial charge in [-0.05, 0) is 99.7 Å². The van der Waals surface area contributed by atoms with Crippen LogP contribution in [-0.2, 0) is 13.5 Å². The van der Waals surface area contributed by atoms with Gasteiger partial charge in [0, 0.05) is 48.7 Å². The first-order valence-corrected chi connectivity index (χ1v) is 20.0. The van der Waals surface area contributed by atoms with Crippen molar-refractivity contribution in [3.8, 4) is 34.6 Å². The van der Waals surface area contributed by atoms with Crippen LogP contribution >= 0.6 is 0 Å². The number of aromatic hydroxyl groups is 1. The molecule has 0 spiro atoms. The molecule has 58 heavy (non-hydrogen) atoms. The smallest absolute Gasteiger partial charge is 0.508 e. The summed E-state index contributed by atoms with van der Waals surface area (Å²) in [7, 11) is 1.81. The van der Waals surface area contributed by atoms with Gasteiger partial charge in [0.15, 0.2) is 17.3 Å². The Hall–Kier alpha value is -5.09. The van der Waals surface area contributed by atoms with E-state index in [0.717, 1.165) is 57.2 Å². The molecule has 5 aromatic rings. The highest BCUT2D eigenvalue weighted by atomic mass is 19.4. The van der Waals surface area contributed by atoms with E-state index in [1.165, 1.54) is 30.5 Å². The van der Waals surface area contributed by atoms with Crippen LogP contribution in [0.25, 0.3) is 32.9 Å². The van der Waals surface area contributed by atoms with Gasteiger partial charge < -0.3 is 29.5 Å². The molecule has 16 heteroatoms. The van der Waals surface area contributed by atoms with E-state index in [-0.39, 0.29) is 66.2 Å². The highest BCUT2D eigenvalue weighted by Crippen LogP contribution is 2.45. The number of aromatic nitrogens is 4. The number of fused-ring (bicyclic) bond motifs is 7. The number of phenolic OH excluding ortho intramolecular Hbond substituents is 1. The van der Waals surface area contributed by atoms with Crippen molar-refractivity contribution in [2.45, 2.75) is 94.4 Å². The van der Waals surface area contributed by atoms with Crippen molar-refractivity contribution >= 4 is 27.5 Å². The molecule has 4 fully saturated rings. The number of nitrogens with zero attached hydrogens (tertiary/aromatic N) is 6. The molecule has 3 aromatic heterocycles. The molecular formula is C42H43F5N7O4+. The molecule has 2 aromatic carbocycles. The van der Waals surface area contributed by atoms with E-state index in [1.807, 2.05) is 11.6 Å². The Morgan fingerprint density at radius 1 is 1.03 bits per heavy atom. The molecule has 5 atom stereocenters. The first kappa shape index (κ1) is 37.2. The molecule has 2 N–H and O–H groups in total. The summed E-state index contributed by atoms with van der Waals surface area (Å²) in [5.41, 5.74) is 1.43. The molecular weight excluding hydrogens is 761 g/mol. The molecule has 5 aliphatic rings. The summed E-state index contributed by atoms with van der Waals surface area (Å²) >= 11 is 0. The summed E-state index contributed by atoms with van der Waals surface area (Å²) in [6, 6.07) is 9.08. The van der Waals surface area contributed by atoms with E-state index in [0.29, 0.717) is 46.1 Å². The fraction of sp³-hybridized carbons (Fsp3) is 0.476. The SMILES string of the molecule is Cc1c(F)ccc2cc(O)cc(-c3c(F)c4nc(OC[C@@]56CCCN5[C@H](COc5ncccc5OC(F)(F)F)CC6)nc5c4c([n+]3C)CC[C@@H]3[C@@H]4CC[C@H](CN53)N4)c12. The molecule has 0 aliphatic carbocycles. The van der Waals surface area contributed by atoms with Crippen molar-refractivity contribution < 1.29 is 45.8 Å². The summed E-state index contributed by atoms with van der Waals surface area (Å²) in [6.07, 6.45) is 3.14. The number of anilines is 1. The molecule has 0 radical (unpaired) electrons. The van der Waals surface area contributed by atoms with E-state index < -0.39 is 29.3 Å². The van der Waals surface area contributed by atoms with Crippen molar-refractivity contribution in [3.63, 3.8) is 0 Å². The molecule has 2 bridgehead atoms. The predicted octanol–water partition coefficient (Wildman–Crippen LogP) is 6.57. The highest BCUT2D eigenvalue weighted by molar-refractivity contribution is 6.01. The number of phenols is 1. The van der Waals surface area contributed by atoms with Crippen LogP contribution in [0.5, 0.6) is 23.4 Å². The zero-order valence-electron chi connectivity index (χ0n) is 32.1. The first-order valence-electron chi connectivity index (χ1n) is 20.0. The van der Waals surface area contributed by atoms with Gasteiger partial charge in [0.1, 0.15) is 42.7 Å². The molecule has 0 amide bonds. The van der Waals surface area contributed by atoms with Crippen LogP contribution in [-0.4, -0.2) is 87.3 Å². The van der Waals surface area contributed by atoms with E-state index in [1.54, 1.807) is 19.1 Å². The van der Waals surface area contributed by atoms with Crippen LogP contribution in [0.1, 0.15) is 56.2 Å². The summed E-state index contributed by atoms with van der Waals surface area (Å²) < 4.78 is 90.3. The second-order valence-corrected chi connectivity index (χ2v) is 16.5. The lowest BCUT2D eigenvalue weighted by atomic mass is 9.95. The maximum atomic E-state index is 17.6. The Balaban J connectivity index is 1.02. The van der Waals surface area contributed by atoms with Gasteiger partial charge in [0.05, 0.1) is 11.1 Å². The second-order valence-electron chi connectivity index (χ2n) is 16.5. The maximum absolute atomic E-state index is 17.6. The van der Waals surface area contributed by atoms with Gasteiger partial charge in [-0.3, -0.25) is 4.90 Å². The van der Waals surface area contributed by atoms with Gasteiger partial charge in [-0.2, -0.15) is 18.9 Å². The second kappa shape index (κ2) is 13.8. The third kappa shape index (κ3) is 6.12. The number of rotatable bonds is 8. The fourth-order valence-corrected chi connectivity index (χ4v) is 10.7. The minimum Gasteiger partial charge on any atom is -0.508 e. The minimum absolute atomic E-state index is 0.0463. The number of benzene rings is 2. The number of halogens is 5. The minimum atomic E-state index is -4.88. The van der Waals surface area contributed by atoms with Crippen molar-refractivity contribution in [3.05, 3.63) is 65.5 Å². The number of nitrogens with one attached hydrogen (secondary N) is 1. The van der Waals surface area contributed by atoms with Gasteiger partial charge in [0.25, 0.3) is 11.6 Å². The molecule has 304 valence electrons. The molecule has 5 aliphatic heterocycles. The summed E-state index contributed by atoms with van der Waals surface area (Å²) in [5, 5.41) is 16.4. The van der Waals surface area contributed by atoms with E-state index in [4.69, 9.17) is 19.4 Å². The number of hydrogen-bond donors (Lipinski definition) is 2. The largest absolute Gasteiger partial charge is 0.573 e. The van der Waals surface area contributed by atoms with Gasteiger partial charge in [-0.25, -0.2) is 9.37 Å². The molecule has 11 nitrogen and oxygen atoms in total. The van der Waals surface area contributed by atoms with Crippen LogP contribution in [0, 0.1) is 18.6 Å². The summed E-state index contributed by atoms with van der Waals surface area (Å²) in [6.45, 7) is 3.43. The van der Waals surface area contributed by atoms with Crippen LogP contribution in [0.3, 0.4) is 0 Å². The van der Waals surface area contributed by atoms with E-state index in [2.05, 4.69) is 24.8 Å². The monoisotopic (exact) mass is 804 g/mol. The Labute approximate surface area is 330 Å². The van der Waals surface area contributed by atoms with Crippen LogP contribution in [0.2, 0.25) is 0 Å². The Morgan fingerprint density at radius 2 is 1.90 bits per heavy atom. The highest BCUT2D eigenvalue weighted by Gasteiger charge is 2.51. The Morgan fingerprint density at radius 3 is 2.74 bits per heavy atom. The average molecular weight is 805 g/mol.